The molecule has 0 heterocycles. The predicted octanol–water partition coefficient (Wildman–Crippen LogP) is 14.3. The summed E-state index contributed by atoms with van der Waals surface area (Å²) in [5.41, 5.74) is 0. The Morgan fingerprint density at radius 1 is 0.482 bits per heavy atom. The van der Waals surface area contributed by atoms with Crippen LogP contribution in [-0.4, -0.2) is 77.5 Å². The summed E-state index contributed by atoms with van der Waals surface area (Å²) < 4.78 is 11.7. The number of carbonyl (C=O) groups is 2. The highest BCUT2D eigenvalue weighted by molar-refractivity contribution is 8.18. The van der Waals surface area contributed by atoms with Crippen LogP contribution in [0.2, 0.25) is 0 Å². The fourth-order valence-corrected chi connectivity index (χ4v) is 9.97. The first-order valence-electron chi connectivity index (χ1n) is 24.3. The second-order valence-electron chi connectivity index (χ2n) is 16.6. The molecule has 0 fully saturated rings. The number of esters is 2. The summed E-state index contributed by atoms with van der Waals surface area (Å²) in [7, 11) is 2.24. The first kappa shape index (κ1) is 55.6. The molecule has 56 heavy (non-hydrogen) atoms. The minimum atomic E-state index is -0.0881. The van der Waals surface area contributed by atoms with Crippen molar-refractivity contribution in [2.24, 2.45) is 5.92 Å². The molecule has 2 unspecified atom stereocenters. The van der Waals surface area contributed by atoms with Gasteiger partial charge in [0.25, 0.3) is 0 Å². The monoisotopic (exact) mass is 830 g/mol. The van der Waals surface area contributed by atoms with E-state index < -0.39 is 0 Å². The first-order chi connectivity index (χ1) is 27.4. The van der Waals surface area contributed by atoms with Crippen molar-refractivity contribution in [3.05, 3.63) is 0 Å². The topological polar surface area (TPSA) is 76.1 Å². The van der Waals surface area contributed by atoms with Crippen molar-refractivity contribution in [2.45, 2.75) is 244 Å². The zero-order valence-electron chi connectivity index (χ0n) is 37.9. The van der Waals surface area contributed by atoms with Crippen LogP contribution in [0.15, 0.2) is 0 Å². The zero-order valence-corrected chi connectivity index (χ0v) is 39.6. The summed E-state index contributed by atoms with van der Waals surface area (Å²) in [6.45, 7) is 11.3. The first-order valence-corrected chi connectivity index (χ1v) is 26.4. The number of rotatable bonds is 45. The molecule has 0 amide bonds. The summed E-state index contributed by atoms with van der Waals surface area (Å²) in [5, 5.41) is 9.33. The molecule has 8 heteroatoms. The number of aliphatic hydroxyl groups is 1. The lowest BCUT2D eigenvalue weighted by Crippen LogP contribution is -2.32. The molecule has 2 atom stereocenters. The molecule has 334 valence electrons. The smallest absolute Gasteiger partial charge is 0.329 e. The second kappa shape index (κ2) is 44.1. The highest BCUT2D eigenvalue weighted by Crippen LogP contribution is 2.28. The normalized spacial score (nSPS) is 12.8. The number of nitrogens with zero attached hydrogens (tertiary/aromatic N) is 1. The standard InChI is InChI=1S/C48H95NO5S2/c1-6-10-14-18-19-25-35-44(34-24-17-13-9-4)46(51)53-40-30-22-26-36-45(49(5)38-28-29-39-50)37-27-23-31-41-54-47(52)48(55-42-32-20-15-11-7-2)56-43-33-21-16-12-8-3/h44-45,48,50H,6-43H2,1-5H3. The summed E-state index contributed by atoms with van der Waals surface area (Å²) in [4.78, 5) is 28.7. The number of hydrogen-bond acceptors (Lipinski definition) is 8. The van der Waals surface area contributed by atoms with Crippen LogP contribution in [0.1, 0.15) is 233 Å². The number of unbranched alkanes of at least 4 members (excludes halogenated alkanes) is 21. The van der Waals surface area contributed by atoms with Crippen molar-refractivity contribution < 1.29 is 24.2 Å². The fourth-order valence-electron chi connectivity index (χ4n) is 7.43. The Bertz CT molecular complexity index is 817. The second-order valence-corrected chi connectivity index (χ2v) is 19.3. The fraction of sp³-hybridized carbons (Fsp3) is 0.958. The van der Waals surface area contributed by atoms with Crippen LogP contribution in [0.4, 0.5) is 0 Å². The molecule has 6 nitrogen and oxygen atoms in total. The summed E-state index contributed by atoms with van der Waals surface area (Å²) >= 11 is 3.61. The molecular weight excluding hydrogens is 735 g/mol. The van der Waals surface area contributed by atoms with E-state index >= 15 is 0 Å². The lowest BCUT2D eigenvalue weighted by Gasteiger charge is -2.28. The van der Waals surface area contributed by atoms with E-state index in [1.165, 1.54) is 116 Å². The van der Waals surface area contributed by atoms with Gasteiger partial charge in [-0.25, -0.2) is 4.79 Å². The molecule has 0 aliphatic rings. The molecule has 0 spiro atoms. The Kier molecular flexibility index (Phi) is 43.8. The lowest BCUT2D eigenvalue weighted by atomic mass is 9.94. The van der Waals surface area contributed by atoms with Crippen LogP contribution in [0, 0.1) is 5.92 Å². The Labute approximate surface area is 357 Å². The molecular formula is C48H95NO5S2. The van der Waals surface area contributed by atoms with Gasteiger partial charge in [-0.1, -0.05) is 169 Å². The Morgan fingerprint density at radius 3 is 1.36 bits per heavy atom. The van der Waals surface area contributed by atoms with E-state index in [-0.39, 0.29) is 29.0 Å². The molecule has 0 rings (SSSR count). The molecule has 1 N–H and O–H groups in total. The van der Waals surface area contributed by atoms with Crippen LogP contribution < -0.4 is 0 Å². The zero-order chi connectivity index (χ0) is 41.2. The molecule has 0 aromatic carbocycles. The number of ether oxygens (including phenoxy) is 2. The van der Waals surface area contributed by atoms with Crippen LogP contribution >= 0.6 is 23.5 Å². The van der Waals surface area contributed by atoms with Gasteiger partial charge in [-0.3, -0.25) is 4.79 Å². The van der Waals surface area contributed by atoms with Gasteiger partial charge in [0.05, 0.1) is 19.1 Å². The average Bonchev–Trinajstić information content (AvgIpc) is 3.20. The van der Waals surface area contributed by atoms with Gasteiger partial charge in [-0.2, -0.15) is 0 Å². The van der Waals surface area contributed by atoms with Crippen molar-refractivity contribution >= 4 is 35.5 Å². The minimum absolute atomic E-state index is 0.0189. The highest BCUT2D eigenvalue weighted by atomic mass is 32.2. The van der Waals surface area contributed by atoms with E-state index in [9.17, 15) is 14.7 Å². The number of carbonyl (C=O) groups excluding carboxylic acids is 2. The molecule has 0 aliphatic carbocycles. The minimum Gasteiger partial charge on any atom is -0.465 e. The van der Waals surface area contributed by atoms with Gasteiger partial charge in [0.15, 0.2) is 0 Å². The maximum absolute atomic E-state index is 13.1. The highest BCUT2D eigenvalue weighted by Gasteiger charge is 2.22. The van der Waals surface area contributed by atoms with Crippen molar-refractivity contribution in [3.8, 4) is 0 Å². The van der Waals surface area contributed by atoms with Gasteiger partial charge >= 0.3 is 11.9 Å². The number of thioether (sulfide) groups is 2. The van der Waals surface area contributed by atoms with E-state index in [0.717, 1.165) is 108 Å². The van der Waals surface area contributed by atoms with Gasteiger partial charge in [-0.15, -0.1) is 23.5 Å². The maximum atomic E-state index is 13.1. The molecule has 0 bridgehead atoms. The summed E-state index contributed by atoms with van der Waals surface area (Å²) in [5.74, 6) is 2.20. The van der Waals surface area contributed by atoms with E-state index in [1.54, 1.807) is 23.5 Å². The Balaban J connectivity index is 4.69. The van der Waals surface area contributed by atoms with Gasteiger partial charge in [0.2, 0.25) is 0 Å². The van der Waals surface area contributed by atoms with E-state index in [0.29, 0.717) is 19.3 Å². The third-order valence-electron chi connectivity index (χ3n) is 11.3. The van der Waals surface area contributed by atoms with E-state index in [2.05, 4.69) is 39.6 Å². The largest absolute Gasteiger partial charge is 0.465 e. The van der Waals surface area contributed by atoms with Gasteiger partial charge < -0.3 is 19.5 Å². The maximum Gasteiger partial charge on any atom is 0.329 e. The van der Waals surface area contributed by atoms with Crippen LogP contribution in [0.3, 0.4) is 0 Å². The SMILES string of the molecule is CCCCCCCCC(CCCCCC)C(=O)OCCCCCC(CCCCCOC(=O)C(SCCCCCCC)SCCCCCCC)N(C)CCCCO. The Morgan fingerprint density at radius 2 is 0.875 bits per heavy atom. The molecule has 0 saturated carbocycles. The van der Waals surface area contributed by atoms with Gasteiger partial charge in [-0.05, 0) is 89.3 Å². The lowest BCUT2D eigenvalue weighted by molar-refractivity contribution is -0.149. The number of hydrogen-bond donors (Lipinski definition) is 1. The average molecular weight is 830 g/mol. The summed E-state index contributed by atoms with van der Waals surface area (Å²) in [6, 6.07) is 0.510. The van der Waals surface area contributed by atoms with E-state index in [1.807, 2.05) is 0 Å². The van der Waals surface area contributed by atoms with Crippen molar-refractivity contribution in [1.29, 1.82) is 0 Å². The number of aliphatic hydroxyl groups excluding tert-OH is 1. The van der Waals surface area contributed by atoms with Gasteiger partial charge in [0.1, 0.15) is 4.58 Å². The van der Waals surface area contributed by atoms with Crippen LogP contribution in [-0.2, 0) is 19.1 Å². The predicted molar refractivity (Wildman–Crippen MR) is 248 cm³/mol. The van der Waals surface area contributed by atoms with Crippen LogP contribution in [0.5, 0.6) is 0 Å². The van der Waals surface area contributed by atoms with Crippen molar-refractivity contribution in [2.75, 3.05) is 44.9 Å². The van der Waals surface area contributed by atoms with E-state index in [4.69, 9.17) is 9.47 Å². The third kappa shape index (κ3) is 35.5. The van der Waals surface area contributed by atoms with Crippen molar-refractivity contribution in [3.63, 3.8) is 0 Å². The summed E-state index contributed by atoms with van der Waals surface area (Å²) in [6.07, 6.45) is 37.4. The van der Waals surface area contributed by atoms with Crippen molar-refractivity contribution in [1.82, 2.24) is 4.90 Å². The molecule has 0 radical (unpaired) electrons. The molecule has 0 saturated heterocycles. The molecule has 0 aromatic heterocycles. The Hall–Kier alpha value is -0.440. The third-order valence-corrected chi connectivity index (χ3v) is 14.1. The van der Waals surface area contributed by atoms with Crippen LogP contribution in [0.25, 0.3) is 0 Å². The molecule has 0 aliphatic heterocycles. The molecule has 0 aromatic rings. The quantitative estimate of drug-likeness (QED) is 0.0369. The van der Waals surface area contributed by atoms with Gasteiger partial charge in [0, 0.05) is 12.6 Å².